The van der Waals surface area contributed by atoms with Crippen LogP contribution in [-0.4, -0.2) is 21.0 Å². The van der Waals surface area contributed by atoms with Crippen LogP contribution in [0.4, 0.5) is 0 Å². The van der Waals surface area contributed by atoms with E-state index >= 15 is 0 Å². The van der Waals surface area contributed by atoms with Crippen LogP contribution in [0.25, 0.3) is 0 Å². The third-order valence-corrected chi connectivity index (χ3v) is 2.47. The summed E-state index contributed by atoms with van der Waals surface area (Å²) < 4.78 is 0. The van der Waals surface area contributed by atoms with E-state index in [1.165, 1.54) is 0 Å². The van der Waals surface area contributed by atoms with E-state index < -0.39 is 11.4 Å². The Morgan fingerprint density at radius 1 is 1.64 bits per heavy atom. The number of carbonyl (C=O) groups is 1. The van der Waals surface area contributed by atoms with Crippen LogP contribution >= 0.6 is 0 Å². The molecule has 1 N–H and O–H groups in total. The molecule has 1 aromatic heterocycles. The Morgan fingerprint density at radius 2 is 2.29 bits per heavy atom. The van der Waals surface area contributed by atoms with Gasteiger partial charge in [0, 0.05) is 11.9 Å². The number of hydrogen-bond acceptors (Lipinski definition) is 3. The molecular weight excluding hydrogens is 180 g/mol. The third-order valence-electron chi connectivity index (χ3n) is 2.47. The van der Waals surface area contributed by atoms with E-state index in [9.17, 15) is 4.79 Å². The summed E-state index contributed by atoms with van der Waals surface area (Å²) in [5.41, 5.74) is -0.192. The summed E-state index contributed by atoms with van der Waals surface area (Å²) >= 11 is 0. The smallest absolute Gasteiger partial charge is 0.317 e. The van der Waals surface area contributed by atoms with Gasteiger partial charge in [0.05, 0.1) is 0 Å². The maximum absolute atomic E-state index is 11.1. The SMILES string of the molecule is CCC(C)(C(=O)O)c1nccc(C)n1. The van der Waals surface area contributed by atoms with Crippen LogP contribution in [0.3, 0.4) is 0 Å². The van der Waals surface area contributed by atoms with Crippen molar-refractivity contribution < 1.29 is 9.90 Å². The van der Waals surface area contributed by atoms with Gasteiger partial charge in [0.1, 0.15) is 11.2 Å². The van der Waals surface area contributed by atoms with Crippen molar-refractivity contribution in [1.82, 2.24) is 9.97 Å². The molecule has 1 unspecified atom stereocenters. The number of nitrogens with zero attached hydrogens (tertiary/aromatic N) is 2. The van der Waals surface area contributed by atoms with E-state index in [1.807, 2.05) is 13.8 Å². The van der Waals surface area contributed by atoms with Crippen molar-refractivity contribution in [2.24, 2.45) is 0 Å². The van der Waals surface area contributed by atoms with Crippen LogP contribution in [0.15, 0.2) is 12.3 Å². The standard InChI is InChI=1S/C10H14N2O2/c1-4-10(3,9(13)14)8-11-6-5-7(2)12-8/h5-6H,4H2,1-3H3,(H,13,14). The Hall–Kier alpha value is -1.45. The van der Waals surface area contributed by atoms with Gasteiger partial charge in [-0.15, -0.1) is 0 Å². The van der Waals surface area contributed by atoms with E-state index in [2.05, 4.69) is 9.97 Å². The summed E-state index contributed by atoms with van der Waals surface area (Å²) in [6, 6.07) is 1.75. The highest BCUT2D eigenvalue weighted by molar-refractivity contribution is 5.79. The molecule has 1 heterocycles. The van der Waals surface area contributed by atoms with Crippen molar-refractivity contribution in [3.05, 3.63) is 23.8 Å². The Labute approximate surface area is 83.0 Å². The van der Waals surface area contributed by atoms with Gasteiger partial charge in [0.25, 0.3) is 0 Å². The number of carboxylic acid groups (broad SMARTS) is 1. The molecule has 4 nitrogen and oxygen atoms in total. The minimum absolute atomic E-state index is 0.382. The molecule has 0 fully saturated rings. The molecule has 0 amide bonds. The molecule has 76 valence electrons. The summed E-state index contributed by atoms with van der Waals surface area (Å²) in [6.45, 7) is 5.28. The first-order valence-corrected chi connectivity index (χ1v) is 4.54. The first-order chi connectivity index (χ1) is 6.50. The number of aromatic nitrogens is 2. The number of aliphatic carboxylic acids is 1. The molecule has 4 heteroatoms. The number of carboxylic acids is 1. The van der Waals surface area contributed by atoms with Crippen LogP contribution in [0.2, 0.25) is 0 Å². The quantitative estimate of drug-likeness (QED) is 0.792. The van der Waals surface area contributed by atoms with Crippen LogP contribution in [-0.2, 0) is 10.2 Å². The topological polar surface area (TPSA) is 63.1 Å². The minimum Gasteiger partial charge on any atom is -0.480 e. The zero-order chi connectivity index (χ0) is 10.8. The first kappa shape index (κ1) is 10.6. The molecule has 0 aliphatic carbocycles. The van der Waals surface area contributed by atoms with Crippen molar-refractivity contribution in [2.75, 3.05) is 0 Å². The molecule has 0 bridgehead atoms. The summed E-state index contributed by atoms with van der Waals surface area (Å²) in [5, 5.41) is 9.10. The second kappa shape index (κ2) is 3.74. The zero-order valence-electron chi connectivity index (χ0n) is 8.61. The second-order valence-corrected chi connectivity index (χ2v) is 3.51. The molecule has 0 saturated heterocycles. The molecule has 0 aliphatic heterocycles. The Kier molecular flexibility index (Phi) is 2.84. The minimum atomic E-state index is -0.980. The van der Waals surface area contributed by atoms with Crippen molar-refractivity contribution >= 4 is 5.97 Å². The lowest BCUT2D eigenvalue weighted by molar-refractivity contribution is -0.143. The highest BCUT2D eigenvalue weighted by atomic mass is 16.4. The Balaban J connectivity index is 3.19. The van der Waals surface area contributed by atoms with Crippen LogP contribution < -0.4 is 0 Å². The van der Waals surface area contributed by atoms with Gasteiger partial charge in [-0.3, -0.25) is 4.79 Å². The fourth-order valence-corrected chi connectivity index (χ4v) is 1.12. The molecule has 14 heavy (non-hydrogen) atoms. The predicted octanol–water partition coefficient (Wildman–Crippen LogP) is 1.54. The van der Waals surface area contributed by atoms with Gasteiger partial charge in [0.2, 0.25) is 0 Å². The number of aryl methyl sites for hydroxylation is 1. The van der Waals surface area contributed by atoms with E-state index in [0.717, 1.165) is 5.69 Å². The van der Waals surface area contributed by atoms with Crippen molar-refractivity contribution in [1.29, 1.82) is 0 Å². The van der Waals surface area contributed by atoms with Gasteiger partial charge in [-0.1, -0.05) is 6.92 Å². The third kappa shape index (κ3) is 1.73. The fourth-order valence-electron chi connectivity index (χ4n) is 1.12. The highest BCUT2D eigenvalue weighted by Crippen LogP contribution is 2.24. The van der Waals surface area contributed by atoms with E-state index in [-0.39, 0.29) is 0 Å². The van der Waals surface area contributed by atoms with Crippen molar-refractivity contribution in [2.45, 2.75) is 32.6 Å². The zero-order valence-corrected chi connectivity index (χ0v) is 8.61. The Bertz CT molecular complexity index is 352. The van der Waals surface area contributed by atoms with Gasteiger partial charge >= 0.3 is 5.97 Å². The fraction of sp³-hybridized carbons (Fsp3) is 0.500. The maximum Gasteiger partial charge on any atom is 0.317 e. The van der Waals surface area contributed by atoms with E-state index in [4.69, 9.17) is 5.11 Å². The van der Waals surface area contributed by atoms with Crippen LogP contribution in [0.1, 0.15) is 31.8 Å². The molecule has 0 radical (unpaired) electrons. The summed E-state index contributed by atoms with van der Waals surface area (Å²) in [4.78, 5) is 19.2. The summed E-state index contributed by atoms with van der Waals surface area (Å²) in [5.74, 6) is -0.502. The van der Waals surface area contributed by atoms with Gasteiger partial charge in [-0.05, 0) is 26.3 Å². The monoisotopic (exact) mass is 194 g/mol. The van der Waals surface area contributed by atoms with Gasteiger partial charge in [-0.25, -0.2) is 9.97 Å². The Morgan fingerprint density at radius 3 is 2.71 bits per heavy atom. The first-order valence-electron chi connectivity index (χ1n) is 4.54. The van der Waals surface area contributed by atoms with Gasteiger partial charge < -0.3 is 5.11 Å². The lowest BCUT2D eigenvalue weighted by Gasteiger charge is -2.20. The molecule has 1 aromatic rings. The average molecular weight is 194 g/mol. The van der Waals surface area contributed by atoms with Crippen molar-refractivity contribution in [3.8, 4) is 0 Å². The second-order valence-electron chi connectivity index (χ2n) is 3.51. The molecule has 0 saturated carbocycles. The summed E-state index contributed by atoms with van der Waals surface area (Å²) in [6.07, 6.45) is 2.07. The van der Waals surface area contributed by atoms with Gasteiger partial charge in [-0.2, -0.15) is 0 Å². The molecule has 0 spiro atoms. The average Bonchev–Trinajstić information content (AvgIpc) is 2.16. The van der Waals surface area contributed by atoms with Crippen LogP contribution in [0, 0.1) is 6.92 Å². The van der Waals surface area contributed by atoms with Crippen molar-refractivity contribution in [3.63, 3.8) is 0 Å². The lowest BCUT2D eigenvalue weighted by Crippen LogP contribution is -2.33. The molecule has 1 atom stereocenters. The maximum atomic E-state index is 11.1. The normalized spacial score (nSPS) is 14.8. The lowest BCUT2D eigenvalue weighted by atomic mass is 9.86. The number of hydrogen-bond donors (Lipinski definition) is 1. The molecular formula is C10H14N2O2. The largest absolute Gasteiger partial charge is 0.480 e. The van der Waals surface area contributed by atoms with E-state index in [1.54, 1.807) is 19.2 Å². The molecule has 0 aliphatic rings. The van der Waals surface area contributed by atoms with Crippen LogP contribution in [0.5, 0.6) is 0 Å². The van der Waals surface area contributed by atoms with E-state index in [0.29, 0.717) is 12.2 Å². The van der Waals surface area contributed by atoms with Gasteiger partial charge in [0.15, 0.2) is 0 Å². The number of rotatable bonds is 3. The summed E-state index contributed by atoms with van der Waals surface area (Å²) in [7, 11) is 0. The predicted molar refractivity (Wildman–Crippen MR) is 52.0 cm³/mol. The molecule has 1 rings (SSSR count). The highest BCUT2D eigenvalue weighted by Gasteiger charge is 2.36. The molecule has 0 aromatic carbocycles.